The molecule has 0 aliphatic carbocycles. The number of carbonyl (C=O) groups is 2. The second-order valence-electron chi connectivity index (χ2n) is 7.43. The number of benzene rings is 1. The first-order valence-corrected chi connectivity index (χ1v) is 9.00. The van der Waals surface area contributed by atoms with Crippen molar-refractivity contribution in [3.8, 4) is 0 Å². The summed E-state index contributed by atoms with van der Waals surface area (Å²) in [6.45, 7) is 9.19. The molecule has 24 heavy (non-hydrogen) atoms. The van der Waals surface area contributed by atoms with Gasteiger partial charge in [-0.3, -0.25) is 14.5 Å². The van der Waals surface area contributed by atoms with Crippen LogP contribution in [0.3, 0.4) is 0 Å². The molecule has 1 amide bonds. The summed E-state index contributed by atoms with van der Waals surface area (Å²) in [5, 5.41) is 3.00. The predicted octanol–water partition coefficient (Wildman–Crippen LogP) is 3.34. The molecule has 0 saturated carbocycles. The summed E-state index contributed by atoms with van der Waals surface area (Å²) in [5.41, 5.74) is 1.78. The lowest BCUT2D eigenvalue weighted by Crippen LogP contribution is -2.53. The molecular formula is C20H30N2O2. The third-order valence-electron chi connectivity index (χ3n) is 4.88. The summed E-state index contributed by atoms with van der Waals surface area (Å²) in [4.78, 5) is 26.7. The zero-order chi connectivity index (χ0) is 17.6. The van der Waals surface area contributed by atoms with E-state index in [0.29, 0.717) is 12.1 Å². The number of hydrogen-bond donors (Lipinski definition) is 1. The Morgan fingerprint density at radius 3 is 2.29 bits per heavy atom. The van der Waals surface area contributed by atoms with Crippen molar-refractivity contribution in [1.29, 1.82) is 0 Å². The number of rotatable bonds is 7. The molecule has 0 radical (unpaired) electrons. The van der Waals surface area contributed by atoms with Gasteiger partial charge < -0.3 is 5.32 Å². The largest absolute Gasteiger partial charge is 0.354 e. The van der Waals surface area contributed by atoms with E-state index in [-0.39, 0.29) is 30.1 Å². The molecule has 1 heterocycles. The lowest BCUT2D eigenvalue weighted by Gasteiger charge is -2.41. The van der Waals surface area contributed by atoms with Crippen LogP contribution in [0.15, 0.2) is 24.3 Å². The highest BCUT2D eigenvalue weighted by molar-refractivity contribution is 5.97. The fraction of sp³-hybridized carbons (Fsp3) is 0.600. The van der Waals surface area contributed by atoms with Crippen molar-refractivity contribution in [2.75, 3.05) is 19.6 Å². The van der Waals surface area contributed by atoms with Gasteiger partial charge in [-0.05, 0) is 46.7 Å². The van der Waals surface area contributed by atoms with Gasteiger partial charge >= 0.3 is 0 Å². The Morgan fingerprint density at radius 1 is 1.04 bits per heavy atom. The third kappa shape index (κ3) is 5.45. The Labute approximate surface area is 145 Å². The molecule has 1 N–H and O–H groups in total. The maximum absolute atomic E-state index is 12.1. The predicted molar refractivity (Wildman–Crippen MR) is 97.3 cm³/mol. The fourth-order valence-corrected chi connectivity index (χ4v) is 3.13. The maximum atomic E-state index is 12.1. The number of aryl methyl sites for hydroxylation is 1. The van der Waals surface area contributed by atoms with Crippen LogP contribution in [0.2, 0.25) is 0 Å². The Balaban J connectivity index is 1.74. The molecule has 1 aromatic rings. The van der Waals surface area contributed by atoms with Crippen LogP contribution in [0.5, 0.6) is 0 Å². The minimum absolute atomic E-state index is 0.0282. The number of nitrogens with one attached hydrogen (secondary N) is 1. The highest BCUT2D eigenvalue weighted by atomic mass is 16.2. The summed E-state index contributed by atoms with van der Waals surface area (Å²) >= 11 is 0. The summed E-state index contributed by atoms with van der Waals surface area (Å²) in [6.07, 6.45) is 4.30. The zero-order valence-electron chi connectivity index (χ0n) is 15.2. The topological polar surface area (TPSA) is 49.4 Å². The van der Waals surface area contributed by atoms with Crippen molar-refractivity contribution in [2.45, 2.75) is 58.4 Å². The monoisotopic (exact) mass is 330 g/mol. The van der Waals surface area contributed by atoms with Crippen LogP contribution in [0.25, 0.3) is 0 Å². The number of nitrogens with zero attached hydrogens (tertiary/aromatic N) is 1. The molecular weight excluding hydrogens is 300 g/mol. The van der Waals surface area contributed by atoms with Crippen molar-refractivity contribution in [1.82, 2.24) is 10.2 Å². The van der Waals surface area contributed by atoms with Crippen LogP contribution < -0.4 is 5.32 Å². The Hall–Kier alpha value is -1.68. The van der Waals surface area contributed by atoms with E-state index in [2.05, 4.69) is 24.1 Å². The number of ketones is 1. The lowest BCUT2D eigenvalue weighted by atomic mass is 9.98. The molecule has 1 saturated heterocycles. The van der Waals surface area contributed by atoms with E-state index in [9.17, 15) is 9.59 Å². The number of Topliss-reactive ketones (excluding diaryl/α,β-unsaturated/α-hetero) is 1. The second kappa shape index (κ2) is 8.43. The van der Waals surface area contributed by atoms with Gasteiger partial charge in [-0.2, -0.15) is 0 Å². The van der Waals surface area contributed by atoms with Crippen molar-refractivity contribution in [3.63, 3.8) is 0 Å². The molecule has 1 aliphatic heterocycles. The van der Waals surface area contributed by atoms with E-state index in [1.165, 1.54) is 19.3 Å². The van der Waals surface area contributed by atoms with E-state index in [0.717, 1.165) is 18.7 Å². The molecule has 0 unspecified atom stereocenters. The summed E-state index contributed by atoms with van der Waals surface area (Å²) in [6, 6.07) is 7.51. The first kappa shape index (κ1) is 18.7. The smallest absolute Gasteiger partial charge is 0.220 e. The molecule has 2 rings (SSSR count). The highest BCUT2D eigenvalue weighted by Gasteiger charge is 2.28. The standard InChI is InChI=1S/C20H30N2O2/c1-16-7-9-17(10-8-16)18(23)11-12-19(24)21-15-20(2,3)22-13-5-4-6-14-22/h7-10H,4-6,11-15H2,1-3H3,(H,21,24). The number of amides is 1. The molecule has 132 valence electrons. The van der Waals surface area contributed by atoms with Crippen LogP contribution in [-0.4, -0.2) is 41.8 Å². The molecule has 1 aromatic carbocycles. The van der Waals surface area contributed by atoms with E-state index in [1.807, 2.05) is 31.2 Å². The van der Waals surface area contributed by atoms with E-state index < -0.39 is 0 Å². The summed E-state index contributed by atoms with van der Waals surface area (Å²) in [5.74, 6) is -0.0130. The van der Waals surface area contributed by atoms with Gasteiger partial charge in [0.15, 0.2) is 5.78 Å². The molecule has 4 nitrogen and oxygen atoms in total. The first-order chi connectivity index (χ1) is 11.4. The minimum atomic E-state index is -0.0412. The van der Waals surface area contributed by atoms with Gasteiger partial charge in [0.25, 0.3) is 0 Å². The first-order valence-electron chi connectivity index (χ1n) is 9.00. The SMILES string of the molecule is Cc1ccc(C(=O)CCC(=O)NCC(C)(C)N2CCCCC2)cc1. The van der Waals surface area contributed by atoms with E-state index >= 15 is 0 Å². The second-order valence-corrected chi connectivity index (χ2v) is 7.43. The van der Waals surface area contributed by atoms with Crippen molar-refractivity contribution in [2.24, 2.45) is 0 Å². The van der Waals surface area contributed by atoms with Gasteiger partial charge in [-0.25, -0.2) is 0 Å². The molecule has 1 aliphatic rings. The number of piperidine rings is 1. The van der Waals surface area contributed by atoms with Gasteiger partial charge in [0.2, 0.25) is 5.91 Å². The summed E-state index contributed by atoms with van der Waals surface area (Å²) < 4.78 is 0. The van der Waals surface area contributed by atoms with Gasteiger partial charge in [0.05, 0.1) is 0 Å². The lowest BCUT2D eigenvalue weighted by molar-refractivity contribution is -0.121. The van der Waals surface area contributed by atoms with Gasteiger partial charge in [0.1, 0.15) is 0 Å². The average molecular weight is 330 g/mol. The Kier molecular flexibility index (Phi) is 6.55. The molecule has 0 atom stereocenters. The number of hydrogen-bond acceptors (Lipinski definition) is 3. The minimum Gasteiger partial charge on any atom is -0.354 e. The molecule has 0 spiro atoms. The number of carbonyl (C=O) groups excluding carboxylic acids is 2. The highest BCUT2D eigenvalue weighted by Crippen LogP contribution is 2.19. The molecule has 1 fully saturated rings. The van der Waals surface area contributed by atoms with Crippen molar-refractivity contribution >= 4 is 11.7 Å². The van der Waals surface area contributed by atoms with Gasteiger partial charge in [-0.15, -0.1) is 0 Å². The summed E-state index contributed by atoms with van der Waals surface area (Å²) in [7, 11) is 0. The Bertz CT molecular complexity index is 558. The molecule has 0 aromatic heterocycles. The van der Waals surface area contributed by atoms with Crippen LogP contribution in [0.4, 0.5) is 0 Å². The maximum Gasteiger partial charge on any atom is 0.220 e. The zero-order valence-corrected chi connectivity index (χ0v) is 15.2. The average Bonchev–Trinajstić information content (AvgIpc) is 2.59. The van der Waals surface area contributed by atoms with Crippen molar-refractivity contribution in [3.05, 3.63) is 35.4 Å². The fourth-order valence-electron chi connectivity index (χ4n) is 3.13. The van der Waals surface area contributed by atoms with Crippen LogP contribution in [0.1, 0.15) is 61.9 Å². The van der Waals surface area contributed by atoms with Crippen molar-refractivity contribution < 1.29 is 9.59 Å². The van der Waals surface area contributed by atoms with Crippen LogP contribution in [-0.2, 0) is 4.79 Å². The van der Waals surface area contributed by atoms with Crippen LogP contribution >= 0.6 is 0 Å². The molecule has 0 bridgehead atoms. The van der Waals surface area contributed by atoms with E-state index in [4.69, 9.17) is 0 Å². The van der Waals surface area contributed by atoms with Gasteiger partial charge in [0, 0.05) is 30.5 Å². The Morgan fingerprint density at radius 2 is 1.67 bits per heavy atom. The molecule has 4 heteroatoms. The normalized spacial score (nSPS) is 16.0. The van der Waals surface area contributed by atoms with E-state index in [1.54, 1.807) is 0 Å². The number of likely N-dealkylation sites (tertiary alicyclic amines) is 1. The van der Waals surface area contributed by atoms with Crippen LogP contribution in [0, 0.1) is 6.92 Å². The van der Waals surface area contributed by atoms with Gasteiger partial charge in [-0.1, -0.05) is 36.2 Å². The quantitative estimate of drug-likeness (QED) is 0.780. The third-order valence-corrected chi connectivity index (χ3v) is 4.88.